The van der Waals surface area contributed by atoms with Crippen LogP contribution in [0.15, 0.2) is 54.6 Å². The Morgan fingerprint density at radius 1 is 0.393 bits per heavy atom. The Bertz CT molecular complexity index is 1110. The van der Waals surface area contributed by atoms with Gasteiger partial charge in [0.25, 0.3) is 0 Å². The average Bonchev–Trinajstić information content (AvgIpc) is 3.24. The molecule has 0 aliphatic heterocycles. The van der Waals surface area contributed by atoms with Crippen LogP contribution in [0.2, 0.25) is 0 Å². The topological polar surface area (TPSA) is 52.6 Å². The second kappa shape index (κ2) is 41.6. The maximum atomic E-state index is 11.4. The van der Waals surface area contributed by atoms with Crippen LogP contribution in [-0.4, -0.2) is 49.8 Å². The number of quaternary nitrogens is 1. The minimum Gasteiger partial charge on any atom is -0.462 e. The van der Waals surface area contributed by atoms with E-state index in [9.17, 15) is 9.59 Å². The first-order valence-electron chi connectivity index (χ1n) is 26.3. The van der Waals surface area contributed by atoms with Crippen LogP contribution in [0.4, 0.5) is 0 Å². The van der Waals surface area contributed by atoms with Crippen LogP contribution in [0, 0.1) is 0 Å². The van der Waals surface area contributed by atoms with Gasteiger partial charge in [-0.05, 0) is 52.4 Å². The lowest BCUT2D eigenvalue weighted by Crippen LogP contribution is -2.44. The molecule has 1 rings (SSSR count). The maximum Gasteiger partial charge on any atom is 0.333 e. The van der Waals surface area contributed by atoms with Crippen molar-refractivity contribution in [2.45, 2.75) is 252 Å². The van der Waals surface area contributed by atoms with Crippen molar-refractivity contribution >= 4 is 11.9 Å². The number of ether oxygens (including phenoxy) is 2. The first-order chi connectivity index (χ1) is 29.7. The first kappa shape index (κ1) is 56.6. The van der Waals surface area contributed by atoms with Gasteiger partial charge in [-0.2, -0.15) is 0 Å². The summed E-state index contributed by atoms with van der Waals surface area (Å²) in [5.41, 5.74) is 2.48. The van der Waals surface area contributed by atoms with Gasteiger partial charge < -0.3 is 14.0 Å². The van der Waals surface area contributed by atoms with E-state index in [2.05, 4.69) is 50.5 Å². The van der Waals surface area contributed by atoms with E-state index in [4.69, 9.17) is 9.47 Å². The van der Waals surface area contributed by atoms with Crippen LogP contribution >= 0.6 is 0 Å². The van der Waals surface area contributed by atoms with Crippen LogP contribution in [0.25, 0.3) is 0 Å². The summed E-state index contributed by atoms with van der Waals surface area (Å²) in [7, 11) is 2.53. The van der Waals surface area contributed by atoms with Crippen LogP contribution in [0.5, 0.6) is 0 Å². The number of carbonyl (C=O) groups is 2. The molecule has 1 aromatic carbocycles. The number of hydrogen-bond donors (Lipinski definition) is 0. The molecule has 5 heteroatoms. The molecule has 0 bridgehead atoms. The highest BCUT2D eigenvalue weighted by molar-refractivity contribution is 5.87. The molecule has 352 valence electrons. The van der Waals surface area contributed by atoms with Crippen molar-refractivity contribution in [2.24, 2.45) is 0 Å². The Balaban J connectivity index is 1.96. The number of unbranched alkanes of at least 4 members (excludes halogenated alkanes) is 34. The van der Waals surface area contributed by atoms with Crippen LogP contribution in [0.3, 0.4) is 0 Å². The van der Waals surface area contributed by atoms with E-state index in [0.717, 1.165) is 25.7 Å². The standard InChI is InChI=1S/C56H100NO4/c1-52(2)55(58)60-49-43-36-32-28-24-20-16-12-8-6-10-14-18-22-26-30-34-41-47-57(5,51-54-45-39-38-40-46-54)48-42-35-31-27-23-19-15-11-7-9-13-17-21-25-29-33-37-44-50-61-56(59)53(3)4/h38-40,45-46H,1,3,6-37,41-44,47-51H2,2,4-5H3/q+1. The molecule has 0 aromatic heterocycles. The first-order valence-corrected chi connectivity index (χ1v) is 26.3. The van der Waals surface area contributed by atoms with Gasteiger partial charge in [-0.1, -0.05) is 236 Å². The van der Waals surface area contributed by atoms with Crippen molar-refractivity contribution < 1.29 is 23.5 Å². The summed E-state index contributed by atoms with van der Waals surface area (Å²) >= 11 is 0. The summed E-state index contributed by atoms with van der Waals surface area (Å²) < 4.78 is 11.5. The number of benzene rings is 1. The molecule has 0 amide bonds. The fourth-order valence-electron chi connectivity index (χ4n) is 8.72. The van der Waals surface area contributed by atoms with Gasteiger partial charge >= 0.3 is 11.9 Å². The number of hydrogen-bond acceptors (Lipinski definition) is 4. The molecule has 1 aromatic rings. The summed E-state index contributed by atoms with van der Waals surface area (Å²) in [6.45, 7) is 15.5. The SMILES string of the molecule is C=C(C)C(=O)OCCCCCCCCCCCCCCCCCCCC[N+](C)(CCCCCCCCCCCCCCCCCCCCOC(=O)C(=C)C)Cc1ccccc1. The molecule has 0 saturated heterocycles. The molecular formula is C56H100NO4+. The van der Waals surface area contributed by atoms with Gasteiger partial charge in [-0.15, -0.1) is 0 Å². The minimum absolute atomic E-state index is 0.255. The summed E-state index contributed by atoms with van der Waals surface area (Å²) in [6.07, 6.45) is 48.8. The molecule has 0 N–H and O–H groups in total. The van der Waals surface area contributed by atoms with Gasteiger partial charge in [0, 0.05) is 16.7 Å². The highest BCUT2D eigenvalue weighted by Gasteiger charge is 2.21. The molecule has 5 nitrogen and oxygen atoms in total. The number of carbonyl (C=O) groups excluding carboxylic acids is 2. The Morgan fingerprint density at radius 2 is 0.623 bits per heavy atom. The second-order valence-corrected chi connectivity index (χ2v) is 19.3. The molecule has 0 unspecified atom stereocenters. The van der Waals surface area contributed by atoms with E-state index >= 15 is 0 Å². The lowest BCUT2D eigenvalue weighted by atomic mass is 10.0. The normalized spacial score (nSPS) is 11.5. The molecule has 0 aliphatic rings. The number of rotatable bonds is 46. The predicted octanol–water partition coefficient (Wildman–Crippen LogP) is 16.9. The molecule has 0 aliphatic carbocycles. The molecule has 61 heavy (non-hydrogen) atoms. The maximum absolute atomic E-state index is 11.4. The lowest BCUT2D eigenvalue weighted by molar-refractivity contribution is -0.923. The van der Waals surface area contributed by atoms with E-state index in [1.807, 2.05) is 0 Å². The fraction of sp³-hybridized carbons (Fsp3) is 0.786. The number of esters is 2. The zero-order valence-corrected chi connectivity index (χ0v) is 40.9. The fourth-order valence-corrected chi connectivity index (χ4v) is 8.72. The summed E-state index contributed by atoms with van der Waals surface area (Å²) in [5.74, 6) is -0.510. The van der Waals surface area contributed by atoms with E-state index < -0.39 is 0 Å². The smallest absolute Gasteiger partial charge is 0.333 e. The third-order valence-electron chi connectivity index (χ3n) is 12.8. The Kier molecular flexibility index (Phi) is 38.6. The van der Waals surface area contributed by atoms with Crippen molar-refractivity contribution in [3.8, 4) is 0 Å². The minimum atomic E-state index is -0.255. The average molecular weight is 851 g/mol. The molecule has 0 radical (unpaired) electrons. The lowest BCUT2D eigenvalue weighted by Gasteiger charge is -2.35. The predicted molar refractivity (Wildman–Crippen MR) is 264 cm³/mol. The van der Waals surface area contributed by atoms with Crippen LogP contribution < -0.4 is 0 Å². The summed E-state index contributed by atoms with van der Waals surface area (Å²) in [5, 5.41) is 0. The largest absolute Gasteiger partial charge is 0.462 e. The molecule has 0 heterocycles. The van der Waals surface area contributed by atoms with Crippen molar-refractivity contribution in [2.75, 3.05) is 33.4 Å². The van der Waals surface area contributed by atoms with Crippen molar-refractivity contribution in [3.63, 3.8) is 0 Å². The van der Waals surface area contributed by atoms with Crippen molar-refractivity contribution in [3.05, 3.63) is 60.2 Å². The van der Waals surface area contributed by atoms with Gasteiger partial charge in [-0.25, -0.2) is 9.59 Å². The van der Waals surface area contributed by atoms with Crippen molar-refractivity contribution in [1.29, 1.82) is 0 Å². The van der Waals surface area contributed by atoms with Gasteiger partial charge in [0.15, 0.2) is 0 Å². The highest BCUT2D eigenvalue weighted by Crippen LogP contribution is 2.20. The van der Waals surface area contributed by atoms with Crippen LogP contribution in [-0.2, 0) is 25.6 Å². The Morgan fingerprint density at radius 3 is 0.869 bits per heavy atom. The van der Waals surface area contributed by atoms with E-state index in [0.29, 0.717) is 24.4 Å². The van der Waals surface area contributed by atoms with E-state index in [-0.39, 0.29) is 11.9 Å². The monoisotopic (exact) mass is 851 g/mol. The van der Waals surface area contributed by atoms with E-state index in [1.165, 1.54) is 235 Å². The summed E-state index contributed by atoms with van der Waals surface area (Å²) in [6, 6.07) is 11.2. The van der Waals surface area contributed by atoms with Crippen molar-refractivity contribution in [1.82, 2.24) is 0 Å². The van der Waals surface area contributed by atoms with E-state index in [1.54, 1.807) is 13.8 Å². The van der Waals surface area contributed by atoms with Gasteiger partial charge in [0.2, 0.25) is 0 Å². The zero-order valence-electron chi connectivity index (χ0n) is 40.9. The zero-order chi connectivity index (χ0) is 44.3. The van der Waals surface area contributed by atoms with Gasteiger partial charge in [-0.3, -0.25) is 0 Å². The Labute approximate surface area is 379 Å². The second-order valence-electron chi connectivity index (χ2n) is 19.3. The third-order valence-corrected chi connectivity index (χ3v) is 12.8. The molecule has 0 fully saturated rings. The summed E-state index contributed by atoms with van der Waals surface area (Å²) in [4.78, 5) is 22.8. The molecule has 0 spiro atoms. The quantitative estimate of drug-likeness (QED) is 0.0284. The van der Waals surface area contributed by atoms with Gasteiger partial charge in [0.1, 0.15) is 6.54 Å². The number of nitrogens with zero attached hydrogens (tertiary/aromatic N) is 1. The molecule has 0 saturated carbocycles. The molecule has 0 atom stereocenters. The third kappa shape index (κ3) is 37.8. The van der Waals surface area contributed by atoms with Crippen LogP contribution in [0.1, 0.15) is 251 Å². The Hall–Kier alpha value is -2.40. The molecular weight excluding hydrogens is 751 g/mol. The highest BCUT2D eigenvalue weighted by atomic mass is 16.5. The van der Waals surface area contributed by atoms with Gasteiger partial charge in [0.05, 0.1) is 33.4 Å².